The summed E-state index contributed by atoms with van der Waals surface area (Å²) in [5.74, 6) is 0.358. The topological polar surface area (TPSA) is 104 Å². The fourth-order valence-corrected chi connectivity index (χ4v) is 6.54. The van der Waals surface area contributed by atoms with E-state index < -0.39 is 6.23 Å². The van der Waals surface area contributed by atoms with Crippen LogP contribution < -0.4 is 42.9 Å². The van der Waals surface area contributed by atoms with Gasteiger partial charge in [-0.2, -0.15) is 0 Å². The summed E-state index contributed by atoms with van der Waals surface area (Å²) >= 11 is 6.18. The molecule has 0 spiro atoms. The van der Waals surface area contributed by atoms with Crippen LogP contribution in [0, 0.1) is 0 Å². The van der Waals surface area contributed by atoms with Gasteiger partial charge < -0.3 is 10.8 Å². The summed E-state index contributed by atoms with van der Waals surface area (Å²) in [4.78, 5) is 4.53. The Balaban J connectivity index is 5.00. The Labute approximate surface area is 224 Å². The average Bonchev–Trinajstić information content (AvgIpc) is 2.80. The molecular formula is C25H52ClIN5O2-. The second kappa shape index (κ2) is 22.4. The minimum absolute atomic E-state index is 0.00514. The van der Waals surface area contributed by atoms with E-state index in [4.69, 9.17) is 22.1 Å². The van der Waals surface area contributed by atoms with Crippen LogP contribution in [-0.4, -0.2) is 70.5 Å². The number of hydrogen-bond donors (Lipinski definition) is 5. The van der Waals surface area contributed by atoms with E-state index >= 15 is 0 Å². The van der Waals surface area contributed by atoms with Gasteiger partial charge in [-0.3, -0.25) is 0 Å². The molecule has 0 radical (unpaired) electrons. The van der Waals surface area contributed by atoms with Crippen LogP contribution in [-0.2, 0) is 4.74 Å². The molecule has 0 aromatic heterocycles. The molecule has 0 heterocycles. The van der Waals surface area contributed by atoms with Gasteiger partial charge in [0.15, 0.2) is 0 Å². The molecule has 0 fully saturated rings. The zero-order valence-corrected chi connectivity index (χ0v) is 25.1. The van der Waals surface area contributed by atoms with Gasteiger partial charge >= 0.3 is 162 Å². The number of nitrogens with zero attached hydrogens (tertiary/aromatic N) is 1. The molecule has 7 nitrogen and oxygen atoms in total. The van der Waals surface area contributed by atoms with Gasteiger partial charge in [0.05, 0.1) is 0 Å². The number of aliphatic hydroxyl groups excluding tert-OH is 1. The Morgan fingerprint density at radius 1 is 1.15 bits per heavy atom. The fraction of sp³-hybridized carbons (Fsp3) is 0.880. The Hall–Kier alpha value is 0.190. The zero-order chi connectivity index (χ0) is 25.7. The van der Waals surface area contributed by atoms with Gasteiger partial charge in [-0.05, 0) is 12.8 Å². The molecule has 0 rings (SSSR count). The first-order chi connectivity index (χ1) is 16.4. The van der Waals surface area contributed by atoms with Crippen molar-refractivity contribution in [1.82, 2.24) is 16.0 Å². The third kappa shape index (κ3) is 16.8. The molecule has 0 saturated heterocycles. The molecule has 0 aliphatic carbocycles. The van der Waals surface area contributed by atoms with Gasteiger partial charge in [0.1, 0.15) is 6.23 Å². The van der Waals surface area contributed by atoms with Crippen molar-refractivity contribution in [2.45, 2.75) is 103 Å². The molecule has 3 atom stereocenters. The van der Waals surface area contributed by atoms with Gasteiger partial charge in [0.2, 0.25) is 0 Å². The first-order valence-corrected chi connectivity index (χ1v) is 16.5. The zero-order valence-electron chi connectivity index (χ0n) is 22.2. The summed E-state index contributed by atoms with van der Waals surface area (Å²) in [5.41, 5.74) is 7.04. The summed E-state index contributed by atoms with van der Waals surface area (Å²) in [6.07, 6.45) is 10.9. The normalized spacial score (nSPS) is 15.8. The molecule has 0 aromatic rings. The third-order valence-electron chi connectivity index (χ3n) is 5.70. The van der Waals surface area contributed by atoms with Crippen LogP contribution >= 0.6 is 11.6 Å². The predicted molar refractivity (Wildman–Crippen MR) is 143 cm³/mol. The van der Waals surface area contributed by atoms with Crippen LogP contribution in [0.5, 0.6) is 0 Å². The second-order valence-electron chi connectivity index (χ2n) is 8.68. The quantitative estimate of drug-likeness (QED) is 0.0287. The van der Waals surface area contributed by atoms with Crippen LogP contribution in [0.3, 0.4) is 0 Å². The number of aliphatic imine (C=N–C) groups is 1. The minimum atomic E-state index is -0.833. The van der Waals surface area contributed by atoms with Crippen molar-refractivity contribution in [3.63, 3.8) is 0 Å². The number of hydrogen-bond acceptors (Lipinski definition) is 7. The Kier molecular flexibility index (Phi) is 22.5. The van der Waals surface area contributed by atoms with Gasteiger partial charge in [-0.1, -0.05) is 26.7 Å². The van der Waals surface area contributed by atoms with Gasteiger partial charge in [-0.25, -0.2) is 0 Å². The summed E-state index contributed by atoms with van der Waals surface area (Å²) in [6.45, 7) is 10.0. The third-order valence-corrected chi connectivity index (χ3v) is 8.98. The number of ether oxygens (including phenoxy) is 1. The molecule has 6 N–H and O–H groups in total. The van der Waals surface area contributed by atoms with Crippen LogP contribution in [0.1, 0.15) is 79.1 Å². The Morgan fingerprint density at radius 2 is 1.85 bits per heavy atom. The van der Waals surface area contributed by atoms with E-state index in [-0.39, 0.29) is 17.9 Å². The molecule has 0 saturated carbocycles. The number of alkyl halides is 3. The van der Waals surface area contributed by atoms with E-state index in [9.17, 15) is 5.11 Å². The summed E-state index contributed by atoms with van der Waals surface area (Å²) in [6, 6.07) is 0. The van der Waals surface area contributed by atoms with Crippen molar-refractivity contribution in [1.29, 1.82) is 0 Å². The summed E-state index contributed by atoms with van der Waals surface area (Å²) in [7, 11) is 1.76. The first-order valence-electron chi connectivity index (χ1n) is 12.9. The van der Waals surface area contributed by atoms with Gasteiger partial charge in [0, 0.05) is 6.42 Å². The molecule has 9 heteroatoms. The standard InChI is InChI=1S/C25H52ClIN5O2/c1-6-11-25(12-7-2,18-23(28)33)32-20-31-24(29-16-13-26)30-19-22(34-5)17-21(9-4)10-15-27-14-8-3/h16-17,22-24,30-33H,6-15,18-20,28H2,1-5H3/q-1/b21-17+,29-16?/t22-,23-,24?/m1/s1. The number of nitrogens with two attached hydrogens (primary N) is 1. The van der Waals surface area contributed by atoms with Crippen molar-refractivity contribution in [3.05, 3.63) is 11.6 Å². The summed E-state index contributed by atoms with van der Waals surface area (Å²) < 4.78 is 8.50. The van der Waals surface area contributed by atoms with Crippen molar-refractivity contribution < 1.29 is 31.0 Å². The number of nitrogens with one attached hydrogen (secondary N) is 3. The molecule has 0 aliphatic rings. The average molecular weight is 617 g/mol. The molecule has 204 valence electrons. The SMILES string of the molecule is CCC[I-]CC/C(=C/[C@H](CNC(N=CCCl)NCNC(CCC)(CCC)C[C@H](N)O)OC)CC. The molecule has 0 aliphatic heterocycles. The number of allylic oxidation sites excluding steroid dienone is 1. The second-order valence-corrected chi connectivity index (χ2v) is 12.2. The number of halogens is 2. The predicted octanol–water partition coefficient (Wildman–Crippen LogP) is 0.553. The van der Waals surface area contributed by atoms with E-state index in [1.807, 2.05) is 0 Å². The molecular weight excluding hydrogens is 565 g/mol. The van der Waals surface area contributed by atoms with Crippen LogP contribution in [0.15, 0.2) is 16.6 Å². The number of rotatable bonds is 23. The van der Waals surface area contributed by atoms with Crippen molar-refractivity contribution >= 4 is 17.8 Å². The monoisotopic (exact) mass is 616 g/mol. The van der Waals surface area contributed by atoms with Crippen LogP contribution in [0.2, 0.25) is 0 Å². The maximum absolute atomic E-state index is 9.86. The number of methoxy groups -OCH3 is 1. The van der Waals surface area contributed by atoms with Crippen molar-refractivity contribution in [2.75, 3.05) is 35.1 Å². The van der Waals surface area contributed by atoms with Crippen molar-refractivity contribution in [3.8, 4) is 0 Å². The Morgan fingerprint density at radius 3 is 2.38 bits per heavy atom. The summed E-state index contributed by atoms with van der Waals surface area (Å²) in [5, 5.41) is 20.4. The maximum atomic E-state index is 9.86. The van der Waals surface area contributed by atoms with Crippen LogP contribution in [0.4, 0.5) is 0 Å². The van der Waals surface area contributed by atoms with Gasteiger partial charge in [0.25, 0.3) is 0 Å². The van der Waals surface area contributed by atoms with Gasteiger partial charge in [-0.15, -0.1) is 0 Å². The van der Waals surface area contributed by atoms with Crippen LogP contribution in [0.25, 0.3) is 0 Å². The van der Waals surface area contributed by atoms with E-state index in [1.165, 1.54) is 27.3 Å². The number of aliphatic hydroxyl groups is 1. The van der Waals surface area contributed by atoms with E-state index in [0.29, 0.717) is 46.7 Å². The Bertz CT molecular complexity index is 531. The van der Waals surface area contributed by atoms with E-state index in [2.05, 4.69) is 54.7 Å². The fourth-order valence-electron chi connectivity index (χ4n) is 4.09. The molecule has 1 unspecified atom stereocenters. The molecule has 34 heavy (non-hydrogen) atoms. The molecule has 0 amide bonds. The molecule has 0 aromatic carbocycles. The first kappa shape index (κ1) is 34.2. The van der Waals surface area contributed by atoms with Crippen molar-refractivity contribution in [2.24, 2.45) is 10.7 Å². The van der Waals surface area contributed by atoms with E-state index in [1.54, 1.807) is 13.3 Å². The van der Waals surface area contributed by atoms with E-state index in [0.717, 1.165) is 32.1 Å². The molecule has 0 bridgehead atoms.